The number of benzene rings is 1. The second-order valence-electron chi connectivity index (χ2n) is 3.67. The number of hydrogen-bond acceptors (Lipinski definition) is 3. The molecular weight excluding hydrogens is 220 g/mol. The first-order chi connectivity index (χ1) is 8.00. The van der Waals surface area contributed by atoms with Crippen molar-refractivity contribution in [3.63, 3.8) is 0 Å². The highest BCUT2D eigenvalue weighted by Gasteiger charge is 2.04. The first-order valence-electron chi connectivity index (χ1n) is 5.15. The number of hydrogen-bond donors (Lipinski definition) is 1. The Morgan fingerprint density at radius 1 is 1.29 bits per heavy atom. The van der Waals surface area contributed by atoms with Crippen molar-refractivity contribution in [2.45, 2.75) is 13.3 Å². The normalized spacial score (nSPS) is 9.71. The van der Waals surface area contributed by atoms with E-state index in [0.29, 0.717) is 12.0 Å². The quantitative estimate of drug-likeness (QED) is 0.625. The highest BCUT2D eigenvalue weighted by atomic mass is 16.5. The Morgan fingerprint density at radius 2 is 1.88 bits per heavy atom. The van der Waals surface area contributed by atoms with Crippen LogP contribution >= 0.6 is 0 Å². The molecule has 0 spiro atoms. The minimum absolute atomic E-state index is 0.243. The van der Waals surface area contributed by atoms with Crippen LogP contribution in [0.3, 0.4) is 0 Å². The van der Waals surface area contributed by atoms with Gasteiger partial charge in [-0.05, 0) is 24.6 Å². The van der Waals surface area contributed by atoms with Crippen LogP contribution in [0.25, 0.3) is 0 Å². The third kappa shape index (κ3) is 4.10. The maximum absolute atomic E-state index is 11.1. The van der Waals surface area contributed by atoms with E-state index >= 15 is 0 Å². The number of carboxylic acid groups (broad SMARTS) is 1. The lowest BCUT2D eigenvalue weighted by molar-refractivity contribution is -0.138. The first kappa shape index (κ1) is 13.0. The molecule has 1 N–H and O–H groups in total. The molecule has 1 aromatic rings. The standard InChI is InChI=1S/C13H14O4/c1-9(2)13(16)17-8-7-10-3-5-11(6-4-10)12(14)15/h3-6H,1,7-8H2,2H3,(H,14,15). The predicted molar refractivity (Wildman–Crippen MR) is 62.9 cm³/mol. The van der Waals surface area contributed by atoms with Crippen LogP contribution in [0.2, 0.25) is 0 Å². The number of carboxylic acids is 1. The van der Waals surface area contributed by atoms with Crippen molar-refractivity contribution in [2.24, 2.45) is 0 Å². The van der Waals surface area contributed by atoms with E-state index in [2.05, 4.69) is 6.58 Å². The van der Waals surface area contributed by atoms with Crippen molar-refractivity contribution < 1.29 is 19.4 Å². The second kappa shape index (κ2) is 5.84. The summed E-state index contributed by atoms with van der Waals surface area (Å²) in [5.41, 5.74) is 1.53. The molecule has 17 heavy (non-hydrogen) atoms. The zero-order valence-electron chi connectivity index (χ0n) is 9.60. The van der Waals surface area contributed by atoms with Gasteiger partial charge in [-0.15, -0.1) is 0 Å². The monoisotopic (exact) mass is 234 g/mol. The Labute approximate surface area is 99.5 Å². The van der Waals surface area contributed by atoms with Crippen molar-refractivity contribution >= 4 is 11.9 Å². The molecule has 4 nitrogen and oxygen atoms in total. The maximum Gasteiger partial charge on any atom is 0.335 e. The summed E-state index contributed by atoms with van der Waals surface area (Å²) in [6.07, 6.45) is 0.554. The Kier molecular flexibility index (Phi) is 4.46. The van der Waals surface area contributed by atoms with Gasteiger partial charge in [0.25, 0.3) is 0 Å². The fourth-order valence-corrected chi connectivity index (χ4v) is 1.20. The summed E-state index contributed by atoms with van der Waals surface area (Å²) in [6, 6.07) is 6.46. The second-order valence-corrected chi connectivity index (χ2v) is 3.67. The van der Waals surface area contributed by atoms with Gasteiger partial charge in [0.1, 0.15) is 0 Å². The van der Waals surface area contributed by atoms with Crippen LogP contribution in [-0.4, -0.2) is 23.7 Å². The number of carbonyl (C=O) groups is 2. The molecule has 0 saturated heterocycles. The van der Waals surface area contributed by atoms with Crippen LogP contribution in [0.5, 0.6) is 0 Å². The Hall–Kier alpha value is -2.10. The molecule has 1 rings (SSSR count). The molecule has 90 valence electrons. The van der Waals surface area contributed by atoms with Gasteiger partial charge in [-0.3, -0.25) is 0 Å². The van der Waals surface area contributed by atoms with E-state index in [-0.39, 0.29) is 12.2 Å². The average molecular weight is 234 g/mol. The molecule has 0 aliphatic carbocycles. The molecule has 0 amide bonds. The third-order valence-electron chi connectivity index (χ3n) is 2.17. The van der Waals surface area contributed by atoms with E-state index in [1.54, 1.807) is 19.1 Å². The van der Waals surface area contributed by atoms with Crippen LogP contribution in [-0.2, 0) is 16.0 Å². The van der Waals surface area contributed by atoms with Gasteiger partial charge in [0, 0.05) is 12.0 Å². The summed E-state index contributed by atoms with van der Waals surface area (Å²) < 4.78 is 4.93. The number of esters is 1. The molecule has 0 bridgehead atoms. The molecule has 0 heterocycles. The van der Waals surface area contributed by atoms with Crippen molar-refractivity contribution in [2.75, 3.05) is 6.61 Å². The van der Waals surface area contributed by atoms with Gasteiger partial charge in [0.15, 0.2) is 0 Å². The molecule has 1 aromatic carbocycles. The van der Waals surface area contributed by atoms with Crippen molar-refractivity contribution in [1.29, 1.82) is 0 Å². The van der Waals surface area contributed by atoms with Gasteiger partial charge in [-0.2, -0.15) is 0 Å². The van der Waals surface area contributed by atoms with Crippen LogP contribution < -0.4 is 0 Å². The molecule has 0 fully saturated rings. The molecule has 0 radical (unpaired) electrons. The number of aromatic carboxylic acids is 1. The molecule has 0 aromatic heterocycles. The van der Waals surface area contributed by atoms with Gasteiger partial charge >= 0.3 is 11.9 Å². The highest BCUT2D eigenvalue weighted by Crippen LogP contribution is 2.05. The molecule has 0 unspecified atom stereocenters. The molecule has 0 atom stereocenters. The zero-order chi connectivity index (χ0) is 12.8. The summed E-state index contributed by atoms with van der Waals surface area (Å²) in [7, 11) is 0. The Morgan fingerprint density at radius 3 is 2.35 bits per heavy atom. The summed E-state index contributed by atoms with van der Waals surface area (Å²) in [5.74, 6) is -1.36. The zero-order valence-corrected chi connectivity index (χ0v) is 9.60. The van der Waals surface area contributed by atoms with Gasteiger partial charge < -0.3 is 9.84 Å². The topological polar surface area (TPSA) is 63.6 Å². The van der Waals surface area contributed by atoms with Crippen molar-refractivity contribution in [1.82, 2.24) is 0 Å². The molecule has 0 aliphatic heterocycles. The lowest BCUT2D eigenvalue weighted by Crippen LogP contribution is -2.08. The minimum atomic E-state index is -0.953. The number of ether oxygens (including phenoxy) is 1. The van der Waals surface area contributed by atoms with Crippen LogP contribution in [0.4, 0.5) is 0 Å². The van der Waals surface area contributed by atoms with E-state index in [0.717, 1.165) is 5.56 Å². The van der Waals surface area contributed by atoms with Crippen LogP contribution in [0.1, 0.15) is 22.8 Å². The summed E-state index contributed by atoms with van der Waals surface area (Å²) in [4.78, 5) is 21.7. The Bertz CT molecular complexity index is 431. The fraction of sp³-hybridized carbons (Fsp3) is 0.231. The van der Waals surface area contributed by atoms with E-state index in [1.165, 1.54) is 12.1 Å². The lowest BCUT2D eigenvalue weighted by Gasteiger charge is -2.04. The van der Waals surface area contributed by atoms with Gasteiger partial charge in [-0.25, -0.2) is 9.59 Å². The van der Waals surface area contributed by atoms with E-state index in [1.807, 2.05) is 0 Å². The van der Waals surface area contributed by atoms with Crippen LogP contribution in [0.15, 0.2) is 36.4 Å². The van der Waals surface area contributed by atoms with Gasteiger partial charge in [0.2, 0.25) is 0 Å². The van der Waals surface area contributed by atoms with Crippen molar-refractivity contribution in [3.8, 4) is 0 Å². The summed E-state index contributed by atoms with van der Waals surface area (Å²) in [6.45, 7) is 5.32. The predicted octanol–water partition coefficient (Wildman–Crippen LogP) is 2.05. The van der Waals surface area contributed by atoms with Crippen LogP contribution in [0, 0.1) is 0 Å². The summed E-state index contributed by atoms with van der Waals surface area (Å²) in [5, 5.41) is 8.71. The van der Waals surface area contributed by atoms with Gasteiger partial charge in [-0.1, -0.05) is 18.7 Å². The molecular formula is C13H14O4. The van der Waals surface area contributed by atoms with E-state index in [4.69, 9.17) is 9.84 Å². The number of carbonyl (C=O) groups excluding carboxylic acids is 1. The maximum atomic E-state index is 11.1. The molecule has 0 aliphatic rings. The van der Waals surface area contributed by atoms with E-state index in [9.17, 15) is 9.59 Å². The molecule has 0 saturated carbocycles. The van der Waals surface area contributed by atoms with Crippen molar-refractivity contribution in [3.05, 3.63) is 47.5 Å². The third-order valence-corrected chi connectivity index (χ3v) is 2.17. The lowest BCUT2D eigenvalue weighted by atomic mass is 10.1. The number of rotatable bonds is 5. The SMILES string of the molecule is C=C(C)C(=O)OCCc1ccc(C(=O)O)cc1. The largest absolute Gasteiger partial charge is 0.478 e. The van der Waals surface area contributed by atoms with Gasteiger partial charge in [0.05, 0.1) is 12.2 Å². The highest BCUT2D eigenvalue weighted by molar-refractivity contribution is 5.87. The first-order valence-corrected chi connectivity index (χ1v) is 5.15. The fourth-order valence-electron chi connectivity index (χ4n) is 1.20. The minimum Gasteiger partial charge on any atom is -0.478 e. The Balaban J connectivity index is 2.45. The summed E-state index contributed by atoms with van der Waals surface area (Å²) >= 11 is 0. The average Bonchev–Trinajstić information content (AvgIpc) is 2.29. The van der Waals surface area contributed by atoms with E-state index < -0.39 is 11.9 Å². The smallest absolute Gasteiger partial charge is 0.335 e. The molecule has 4 heteroatoms.